The largest absolute Gasteiger partial charge is 0.348 e. The molecular formula is C20H21ClFN3O2. The topological polar surface area (TPSA) is 70.2 Å². The third-order valence-corrected chi connectivity index (χ3v) is 4.83. The van der Waals surface area contributed by atoms with Crippen molar-refractivity contribution in [2.24, 2.45) is 0 Å². The Hall–Kier alpha value is -2.44. The van der Waals surface area contributed by atoms with Crippen LogP contribution in [0.15, 0.2) is 42.5 Å². The molecular weight excluding hydrogens is 369 g/mol. The minimum Gasteiger partial charge on any atom is -0.348 e. The number of rotatable bonds is 5. The second kappa shape index (κ2) is 8.97. The molecule has 5 nitrogen and oxygen atoms in total. The smallest absolute Gasteiger partial charge is 0.253 e. The summed E-state index contributed by atoms with van der Waals surface area (Å²) in [6.45, 7) is 0.868. The number of amides is 2. The predicted octanol–water partition coefficient (Wildman–Crippen LogP) is 3.49. The molecule has 3 rings (SSSR count). The number of hydrogen-bond acceptors (Lipinski definition) is 3. The van der Waals surface area contributed by atoms with Gasteiger partial charge in [-0.2, -0.15) is 0 Å². The van der Waals surface area contributed by atoms with Crippen LogP contribution in [0, 0.1) is 5.82 Å². The molecule has 1 saturated heterocycles. The van der Waals surface area contributed by atoms with Gasteiger partial charge in [-0.05, 0) is 43.7 Å². The van der Waals surface area contributed by atoms with Crippen LogP contribution >= 0.6 is 11.6 Å². The SMILES string of the molecule is O=C(NCc1ccccc1F)c1cc(NC(=O)C2CCCCN2)ccc1Cl. The van der Waals surface area contributed by atoms with Crippen molar-refractivity contribution in [3.05, 3.63) is 64.4 Å². The first-order chi connectivity index (χ1) is 13.0. The molecule has 1 fully saturated rings. The molecule has 2 amide bonds. The first kappa shape index (κ1) is 19.3. The van der Waals surface area contributed by atoms with Crippen LogP contribution in [0.2, 0.25) is 5.02 Å². The molecule has 0 radical (unpaired) electrons. The van der Waals surface area contributed by atoms with Gasteiger partial charge >= 0.3 is 0 Å². The molecule has 0 aliphatic carbocycles. The van der Waals surface area contributed by atoms with Gasteiger partial charge in [0.1, 0.15) is 5.82 Å². The molecule has 3 N–H and O–H groups in total. The first-order valence-electron chi connectivity index (χ1n) is 8.90. The van der Waals surface area contributed by atoms with Crippen LogP contribution in [-0.4, -0.2) is 24.4 Å². The molecule has 0 saturated carbocycles. The van der Waals surface area contributed by atoms with Gasteiger partial charge in [-0.1, -0.05) is 36.2 Å². The van der Waals surface area contributed by atoms with Crippen molar-refractivity contribution in [2.45, 2.75) is 31.8 Å². The van der Waals surface area contributed by atoms with E-state index in [2.05, 4.69) is 16.0 Å². The second-order valence-electron chi connectivity index (χ2n) is 6.46. The molecule has 1 unspecified atom stereocenters. The Bertz CT molecular complexity index is 838. The van der Waals surface area contributed by atoms with Crippen molar-refractivity contribution in [1.82, 2.24) is 10.6 Å². The number of hydrogen-bond donors (Lipinski definition) is 3. The van der Waals surface area contributed by atoms with Gasteiger partial charge in [0, 0.05) is 17.8 Å². The Labute approximate surface area is 162 Å². The van der Waals surface area contributed by atoms with E-state index in [0.29, 0.717) is 11.3 Å². The molecule has 2 aromatic rings. The number of anilines is 1. The van der Waals surface area contributed by atoms with Gasteiger partial charge in [-0.25, -0.2) is 4.39 Å². The standard InChI is InChI=1S/C20H21ClFN3O2/c21-16-9-8-14(25-20(27)18-7-3-4-10-23-18)11-15(16)19(26)24-12-13-5-1-2-6-17(13)22/h1-2,5-6,8-9,11,18,23H,3-4,7,10,12H2,(H,24,26)(H,25,27). The molecule has 1 aliphatic heterocycles. The molecule has 0 bridgehead atoms. The molecule has 7 heteroatoms. The fourth-order valence-electron chi connectivity index (χ4n) is 2.99. The van der Waals surface area contributed by atoms with E-state index in [1.807, 2.05) is 0 Å². The molecule has 1 aliphatic rings. The van der Waals surface area contributed by atoms with Crippen molar-refractivity contribution in [2.75, 3.05) is 11.9 Å². The van der Waals surface area contributed by atoms with E-state index in [1.54, 1.807) is 30.3 Å². The summed E-state index contributed by atoms with van der Waals surface area (Å²) in [6, 6.07) is 10.7. The number of nitrogens with one attached hydrogen (secondary N) is 3. The number of carbonyl (C=O) groups excluding carboxylic acids is 2. The van der Waals surface area contributed by atoms with E-state index in [9.17, 15) is 14.0 Å². The Balaban J connectivity index is 1.66. The summed E-state index contributed by atoms with van der Waals surface area (Å²) in [5.41, 5.74) is 1.10. The highest BCUT2D eigenvalue weighted by atomic mass is 35.5. The third kappa shape index (κ3) is 5.05. The molecule has 27 heavy (non-hydrogen) atoms. The molecule has 0 aromatic heterocycles. The lowest BCUT2D eigenvalue weighted by atomic mass is 10.0. The van der Waals surface area contributed by atoms with Crippen LogP contribution < -0.4 is 16.0 Å². The number of halogens is 2. The number of piperidine rings is 1. The maximum absolute atomic E-state index is 13.7. The lowest BCUT2D eigenvalue weighted by molar-refractivity contribution is -0.118. The fourth-order valence-corrected chi connectivity index (χ4v) is 3.20. The van der Waals surface area contributed by atoms with Gasteiger partial charge < -0.3 is 16.0 Å². The number of benzene rings is 2. The summed E-state index contributed by atoms with van der Waals surface area (Å²) in [4.78, 5) is 24.8. The van der Waals surface area contributed by atoms with Crippen LogP contribution in [0.3, 0.4) is 0 Å². The highest BCUT2D eigenvalue weighted by molar-refractivity contribution is 6.34. The van der Waals surface area contributed by atoms with Crippen LogP contribution in [0.25, 0.3) is 0 Å². The first-order valence-corrected chi connectivity index (χ1v) is 9.28. The fraction of sp³-hybridized carbons (Fsp3) is 0.300. The summed E-state index contributed by atoms with van der Waals surface area (Å²) in [6.07, 6.45) is 2.86. The van der Waals surface area contributed by atoms with E-state index in [-0.39, 0.29) is 34.9 Å². The summed E-state index contributed by atoms with van der Waals surface area (Å²) in [7, 11) is 0. The third-order valence-electron chi connectivity index (χ3n) is 4.50. The highest BCUT2D eigenvalue weighted by Crippen LogP contribution is 2.21. The zero-order chi connectivity index (χ0) is 19.2. The van der Waals surface area contributed by atoms with E-state index >= 15 is 0 Å². The van der Waals surface area contributed by atoms with Gasteiger partial charge in [0.25, 0.3) is 5.91 Å². The van der Waals surface area contributed by atoms with E-state index in [1.165, 1.54) is 12.1 Å². The highest BCUT2D eigenvalue weighted by Gasteiger charge is 2.21. The summed E-state index contributed by atoms with van der Waals surface area (Å²) < 4.78 is 13.7. The lowest BCUT2D eigenvalue weighted by Gasteiger charge is -2.22. The Morgan fingerprint density at radius 3 is 2.74 bits per heavy atom. The monoisotopic (exact) mass is 389 g/mol. The van der Waals surface area contributed by atoms with Gasteiger partial charge in [0.2, 0.25) is 5.91 Å². The zero-order valence-electron chi connectivity index (χ0n) is 14.7. The van der Waals surface area contributed by atoms with Gasteiger partial charge in [0.15, 0.2) is 0 Å². The summed E-state index contributed by atoms with van der Waals surface area (Å²) in [5.74, 6) is -0.949. The molecule has 1 heterocycles. The van der Waals surface area contributed by atoms with E-state index < -0.39 is 5.91 Å². The maximum Gasteiger partial charge on any atom is 0.253 e. The van der Waals surface area contributed by atoms with Crippen molar-refractivity contribution in [3.63, 3.8) is 0 Å². The van der Waals surface area contributed by atoms with Crippen molar-refractivity contribution >= 4 is 29.1 Å². The van der Waals surface area contributed by atoms with Gasteiger partial charge in [-0.15, -0.1) is 0 Å². The molecule has 1 atom stereocenters. The molecule has 142 valence electrons. The minimum absolute atomic E-state index is 0.0460. The Kier molecular flexibility index (Phi) is 6.42. The minimum atomic E-state index is -0.435. The Morgan fingerprint density at radius 2 is 2.00 bits per heavy atom. The van der Waals surface area contributed by atoms with Crippen LogP contribution in [0.5, 0.6) is 0 Å². The van der Waals surface area contributed by atoms with E-state index in [4.69, 9.17) is 11.6 Å². The van der Waals surface area contributed by atoms with E-state index in [0.717, 1.165) is 25.8 Å². The van der Waals surface area contributed by atoms with Crippen molar-refractivity contribution < 1.29 is 14.0 Å². The quantitative estimate of drug-likeness (QED) is 0.733. The summed E-state index contributed by atoms with van der Waals surface area (Å²) in [5, 5.41) is 8.91. The van der Waals surface area contributed by atoms with Crippen LogP contribution in [0.4, 0.5) is 10.1 Å². The predicted molar refractivity (Wildman–Crippen MR) is 103 cm³/mol. The molecule has 2 aromatic carbocycles. The zero-order valence-corrected chi connectivity index (χ0v) is 15.5. The lowest BCUT2D eigenvalue weighted by Crippen LogP contribution is -2.43. The van der Waals surface area contributed by atoms with Gasteiger partial charge in [0.05, 0.1) is 16.6 Å². The normalized spacial score (nSPS) is 16.6. The second-order valence-corrected chi connectivity index (χ2v) is 6.87. The van der Waals surface area contributed by atoms with Crippen molar-refractivity contribution in [1.29, 1.82) is 0 Å². The van der Waals surface area contributed by atoms with Gasteiger partial charge in [-0.3, -0.25) is 9.59 Å². The Morgan fingerprint density at radius 1 is 1.19 bits per heavy atom. The average Bonchev–Trinajstić information content (AvgIpc) is 2.69. The molecule has 0 spiro atoms. The average molecular weight is 390 g/mol. The van der Waals surface area contributed by atoms with Crippen molar-refractivity contribution in [3.8, 4) is 0 Å². The van der Waals surface area contributed by atoms with Crippen LogP contribution in [0.1, 0.15) is 35.2 Å². The van der Waals surface area contributed by atoms with Crippen LogP contribution in [-0.2, 0) is 11.3 Å². The maximum atomic E-state index is 13.7. The summed E-state index contributed by atoms with van der Waals surface area (Å²) >= 11 is 6.13. The number of carbonyl (C=O) groups is 2.